The average Bonchev–Trinajstić information content (AvgIpc) is 3.03. The molecule has 3 aliphatic rings. The van der Waals surface area contributed by atoms with Crippen molar-refractivity contribution < 1.29 is 9.59 Å². The van der Waals surface area contributed by atoms with Crippen LogP contribution < -0.4 is 0 Å². The van der Waals surface area contributed by atoms with E-state index in [1.54, 1.807) is 0 Å². The quantitative estimate of drug-likeness (QED) is 0.766. The fraction of sp³-hybridized carbons (Fsp3) is 0.900. The molecule has 142 valence electrons. The molecule has 0 radical (unpaired) electrons. The van der Waals surface area contributed by atoms with Gasteiger partial charge in [-0.15, -0.1) is 0 Å². The first kappa shape index (κ1) is 18.7. The number of carbonyl (C=O) groups excluding carboxylic acids is 2. The van der Waals surface area contributed by atoms with Gasteiger partial charge in [-0.25, -0.2) is 0 Å². The van der Waals surface area contributed by atoms with Crippen molar-refractivity contribution in [3.8, 4) is 0 Å². The zero-order chi connectivity index (χ0) is 17.6. The lowest BCUT2D eigenvalue weighted by Crippen LogP contribution is -2.50. The minimum absolute atomic E-state index is 0.00688. The third-order valence-electron chi connectivity index (χ3n) is 6.39. The van der Waals surface area contributed by atoms with E-state index < -0.39 is 0 Å². The molecule has 1 atom stereocenters. The van der Waals surface area contributed by atoms with E-state index in [0.29, 0.717) is 19.0 Å². The van der Waals surface area contributed by atoms with Gasteiger partial charge in [-0.2, -0.15) is 0 Å². The Hall–Kier alpha value is -1.10. The summed E-state index contributed by atoms with van der Waals surface area (Å²) in [5.41, 5.74) is 0. The molecule has 2 aliphatic heterocycles. The first-order valence-electron chi connectivity index (χ1n) is 10.4. The van der Waals surface area contributed by atoms with Gasteiger partial charge in [0, 0.05) is 39.1 Å². The van der Waals surface area contributed by atoms with Gasteiger partial charge in [0.2, 0.25) is 11.8 Å². The summed E-state index contributed by atoms with van der Waals surface area (Å²) in [4.78, 5) is 31.6. The summed E-state index contributed by atoms with van der Waals surface area (Å²) in [5.74, 6) is 0.515. The maximum atomic E-state index is 12.9. The molecular weight excluding hydrogens is 314 g/mol. The van der Waals surface area contributed by atoms with Gasteiger partial charge in [-0.1, -0.05) is 25.7 Å². The highest BCUT2D eigenvalue weighted by Gasteiger charge is 2.36. The fourth-order valence-corrected chi connectivity index (χ4v) is 4.72. The van der Waals surface area contributed by atoms with Crippen molar-refractivity contribution in [3.05, 3.63) is 0 Å². The molecule has 0 N–H and O–H groups in total. The summed E-state index contributed by atoms with van der Waals surface area (Å²) in [7, 11) is 1.94. The van der Waals surface area contributed by atoms with E-state index in [1.165, 1.54) is 51.6 Å². The molecule has 2 amide bonds. The molecule has 2 saturated heterocycles. The molecule has 5 heteroatoms. The normalized spacial score (nSPS) is 26.7. The number of rotatable bonds is 5. The zero-order valence-corrected chi connectivity index (χ0v) is 15.9. The Balaban J connectivity index is 1.48. The summed E-state index contributed by atoms with van der Waals surface area (Å²) in [5, 5.41) is 0. The molecule has 1 saturated carbocycles. The first-order valence-corrected chi connectivity index (χ1v) is 10.4. The molecule has 0 bridgehead atoms. The van der Waals surface area contributed by atoms with Crippen molar-refractivity contribution in [2.24, 2.45) is 5.92 Å². The number of nitrogens with zero attached hydrogens (tertiary/aromatic N) is 3. The molecule has 1 unspecified atom stereocenters. The Kier molecular flexibility index (Phi) is 6.74. The van der Waals surface area contributed by atoms with Crippen molar-refractivity contribution in [3.63, 3.8) is 0 Å². The largest absolute Gasteiger partial charge is 0.344 e. The molecule has 3 rings (SSSR count). The van der Waals surface area contributed by atoms with E-state index >= 15 is 0 Å². The van der Waals surface area contributed by atoms with E-state index in [2.05, 4.69) is 4.90 Å². The summed E-state index contributed by atoms with van der Waals surface area (Å²) in [6.45, 7) is 4.80. The van der Waals surface area contributed by atoms with Crippen LogP contribution in [0.15, 0.2) is 0 Å². The number of carbonyl (C=O) groups is 2. The third kappa shape index (κ3) is 4.96. The summed E-state index contributed by atoms with van der Waals surface area (Å²) < 4.78 is 0. The van der Waals surface area contributed by atoms with Crippen LogP contribution in [-0.4, -0.2) is 72.3 Å². The van der Waals surface area contributed by atoms with Crippen LogP contribution in [0.4, 0.5) is 0 Å². The second-order valence-electron chi connectivity index (χ2n) is 8.24. The zero-order valence-electron chi connectivity index (χ0n) is 15.9. The summed E-state index contributed by atoms with van der Waals surface area (Å²) in [6, 6.07) is 0.394. The van der Waals surface area contributed by atoms with Gasteiger partial charge in [-0.05, 0) is 45.2 Å². The number of piperidine rings is 1. The van der Waals surface area contributed by atoms with Crippen molar-refractivity contribution in [1.82, 2.24) is 14.7 Å². The maximum Gasteiger partial charge on any atom is 0.227 e. The van der Waals surface area contributed by atoms with Crippen LogP contribution in [0.5, 0.6) is 0 Å². The third-order valence-corrected chi connectivity index (χ3v) is 6.39. The van der Waals surface area contributed by atoms with Gasteiger partial charge in [0.1, 0.15) is 0 Å². The van der Waals surface area contributed by atoms with Gasteiger partial charge in [0.05, 0.1) is 5.92 Å². The van der Waals surface area contributed by atoms with Crippen LogP contribution in [0.25, 0.3) is 0 Å². The van der Waals surface area contributed by atoms with Gasteiger partial charge in [0.15, 0.2) is 0 Å². The number of hydrogen-bond acceptors (Lipinski definition) is 3. The van der Waals surface area contributed by atoms with Gasteiger partial charge < -0.3 is 14.7 Å². The molecule has 0 aromatic carbocycles. The monoisotopic (exact) mass is 349 g/mol. The topological polar surface area (TPSA) is 43.9 Å². The second kappa shape index (κ2) is 9.02. The van der Waals surface area contributed by atoms with Gasteiger partial charge in [-0.3, -0.25) is 9.59 Å². The van der Waals surface area contributed by atoms with Crippen LogP contribution in [-0.2, 0) is 9.59 Å². The molecule has 5 nitrogen and oxygen atoms in total. The molecule has 2 heterocycles. The average molecular weight is 350 g/mol. The minimum atomic E-state index is 0.00688. The van der Waals surface area contributed by atoms with Crippen LogP contribution in [0.1, 0.15) is 64.2 Å². The van der Waals surface area contributed by atoms with E-state index in [9.17, 15) is 9.59 Å². The summed E-state index contributed by atoms with van der Waals surface area (Å²) >= 11 is 0. The van der Waals surface area contributed by atoms with Crippen LogP contribution >= 0.6 is 0 Å². The lowest BCUT2D eigenvalue weighted by atomic mass is 9.94. The predicted molar refractivity (Wildman–Crippen MR) is 99.2 cm³/mol. The lowest BCUT2D eigenvalue weighted by Gasteiger charge is -2.37. The number of hydrogen-bond donors (Lipinski definition) is 0. The number of likely N-dealkylation sites (tertiary alicyclic amines) is 2. The second-order valence-corrected chi connectivity index (χ2v) is 8.24. The van der Waals surface area contributed by atoms with Crippen molar-refractivity contribution in [2.75, 3.05) is 39.8 Å². The summed E-state index contributed by atoms with van der Waals surface area (Å²) in [6.07, 6.45) is 11.2. The maximum absolute atomic E-state index is 12.9. The highest BCUT2D eigenvalue weighted by Crippen LogP contribution is 2.29. The van der Waals surface area contributed by atoms with Crippen molar-refractivity contribution >= 4 is 11.8 Å². The van der Waals surface area contributed by atoms with Crippen LogP contribution in [0.3, 0.4) is 0 Å². The first-order chi connectivity index (χ1) is 12.1. The molecule has 0 spiro atoms. The van der Waals surface area contributed by atoms with Crippen molar-refractivity contribution in [2.45, 2.75) is 70.3 Å². The molecule has 1 aliphatic carbocycles. The van der Waals surface area contributed by atoms with Gasteiger partial charge >= 0.3 is 0 Å². The van der Waals surface area contributed by atoms with E-state index in [1.807, 2.05) is 16.8 Å². The Morgan fingerprint density at radius 1 is 1.04 bits per heavy atom. The Morgan fingerprint density at radius 3 is 2.40 bits per heavy atom. The molecular formula is C20H35N3O2. The van der Waals surface area contributed by atoms with E-state index in [4.69, 9.17) is 0 Å². The van der Waals surface area contributed by atoms with Crippen LogP contribution in [0, 0.1) is 5.92 Å². The standard InChI is InChI=1S/C20H35N3O2/c1-21(14-15-22-12-6-2-3-7-13-22)20(25)17-10-11-19(24)23(16-17)18-8-4-5-9-18/h17-18H,2-16H2,1H3. The SMILES string of the molecule is CN(CCN1CCCCCC1)C(=O)C1CCC(=O)N(C2CCCC2)C1. The lowest BCUT2D eigenvalue weighted by molar-refractivity contribution is -0.144. The Morgan fingerprint density at radius 2 is 1.72 bits per heavy atom. The number of likely N-dealkylation sites (N-methyl/N-ethyl adjacent to an activating group) is 1. The van der Waals surface area contributed by atoms with Crippen molar-refractivity contribution in [1.29, 1.82) is 0 Å². The van der Waals surface area contributed by atoms with Crippen LogP contribution in [0.2, 0.25) is 0 Å². The predicted octanol–water partition coefficient (Wildman–Crippen LogP) is 2.50. The Bertz CT molecular complexity index is 454. The highest BCUT2D eigenvalue weighted by atomic mass is 16.2. The molecule has 0 aromatic rings. The molecule has 0 aromatic heterocycles. The number of amides is 2. The molecule has 25 heavy (non-hydrogen) atoms. The smallest absolute Gasteiger partial charge is 0.227 e. The minimum Gasteiger partial charge on any atom is -0.344 e. The van der Waals surface area contributed by atoms with E-state index in [0.717, 1.165) is 32.4 Å². The Labute approximate surface area is 152 Å². The molecule has 3 fully saturated rings. The highest BCUT2D eigenvalue weighted by molar-refractivity contribution is 5.84. The fourth-order valence-electron chi connectivity index (χ4n) is 4.72. The van der Waals surface area contributed by atoms with E-state index in [-0.39, 0.29) is 17.7 Å². The van der Waals surface area contributed by atoms with Gasteiger partial charge in [0.25, 0.3) is 0 Å².